The third-order valence-electron chi connectivity index (χ3n) is 1.73. The third kappa shape index (κ3) is 1.11. The Morgan fingerprint density at radius 2 is 1.15 bits per heavy atom. The molecule has 0 radical (unpaired) electrons. The summed E-state index contributed by atoms with van der Waals surface area (Å²) in [6.45, 7) is 0.0913. The van der Waals surface area contributed by atoms with Gasteiger partial charge in [-0.1, -0.05) is 0 Å². The summed E-state index contributed by atoms with van der Waals surface area (Å²) < 4.78 is 86.4. The Morgan fingerprint density at radius 3 is 1.15 bits per heavy atom. The van der Waals surface area contributed by atoms with Crippen molar-refractivity contribution in [3.05, 3.63) is 0 Å². The molecule has 0 amide bonds. The minimum atomic E-state index is -5.80. The summed E-state index contributed by atoms with van der Waals surface area (Å²) in [7, 11) is 0. The second-order valence-electron chi connectivity index (χ2n) is 2.70. The van der Waals surface area contributed by atoms with E-state index in [-0.39, 0.29) is 6.92 Å². The van der Waals surface area contributed by atoms with Crippen LogP contribution in [0.5, 0.6) is 0 Å². The highest BCUT2D eigenvalue weighted by Gasteiger charge is 2.94. The van der Waals surface area contributed by atoms with Crippen LogP contribution < -0.4 is 0 Å². The van der Waals surface area contributed by atoms with Gasteiger partial charge >= 0.3 is 18.0 Å². The maximum absolute atomic E-state index is 12.4. The topological polar surface area (TPSA) is 12.5 Å². The molecule has 0 bridgehead atoms. The van der Waals surface area contributed by atoms with Crippen LogP contribution in [0.3, 0.4) is 0 Å². The largest absolute Gasteiger partial charge is 0.432 e. The summed E-state index contributed by atoms with van der Waals surface area (Å²) in [5.74, 6) is -3.72. The molecule has 1 rings (SSSR count). The first-order chi connectivity index (χ1) is 5.46. The van der Waals surface area contributed by atoms with E-state index in [0.29, 0.717) is 0 Å². The SMILES string of the molecule is CC1(F)OC1(C(F)(F)F)C(F)(F)F. The highest BCUT2D eigenvalue weighted by molar-refractivity contribution is 5.16. The van der Waals surface area contributed by atoms with E-state index in [4.69, 9.17) is 0 Å². The van der Waals surface area contributed by atoms with Crippen LogP contribution in [0.2, 0.25) is 0 Å². The van der Waals surface area contributed by atoms with Gasteiger partial charge in [0.2, 0.25) is 0 Å². The average Bonchev–Trinajstić information content (AvgIpc) is 2.30. The zero-order chi connectivity index (χ0) is 10.7. The summed E-state index contributed by atoms with van der Waals surface area (Å²) >= 11 is 0. The molecule has 1 nitrogen and oxygen atoms in total. The van der Waals surface area contributed by atoms with E-state index in [2.05, 4.69) is 4.74 Å². The van der Waals surface area contributed by atoms with Crippen LogP contribution in [-0.4, -0.2) is 23.8 Å². The number of ether oxygens (including phenoxy) is 1. The quantitative estimate of drug-likeness (QED) is 0.444. The minimum Gasteiger partial charge on any atom is -0.314 e. The fourth-order valence-electron chi connectivity index (χ4n) is 1.04. The molecule has 1 unspecified atom stereocenters. The van der Waals surface area contributed by atoms with Crippen LogP contribution in [0, 0.1) is 0 Å². The first-order valence-electron chi connectivity index (χ1n) is 2.98. The number of alkyl halides is 7. The maximum atomic E-state index is 12.4. The predicted octanol–water partition coefficient (Wildman–Crippen LogP) is 2.57. The van der Waals surface area contributed by atoms with Gasteiger partial charge in [-0.25, -0.2) is 4.39 Å². The Labute approximate surface area is 67.5 Å². The van der Waals surface area contributed by atoms with Crippen molar-refractivity contribution in [3.63, 3.8) is 0 Å². The lowest BCUT2D eigenvalue weighted by Gasteiger charge is -2.19. The van der Waals surface area contributed by atoms with Crippen molar-refractivity contribution in [3.8, 4) is 0 Å². The highest BCUT2D eigenvalue weighted by atomic mass is 19.4. The van der Waals surface area contributed by atoms with E-state index in [1.165, 1.54) is 0 Å². The summed E-state index contributed by atoms with van der Waals surface area (Å²) in [5.41, 5.74) is -4.65. The van der Waals surface area contributed by atoms with Gasteiger partial charge in [-0.2, -0.15) is 26.3 Å². The smallest absolute Gasteiger partial charge is 0.314 e. The fourth-order valence-corrected chi connectivity index (χ4v) is 1.04. The number of rotatable bonds is 0. The summed E-state index contributed by atoms with van der Waals surface area (Å²) in [4.78, 5) is 0. The number of hydrogen-bond acceptors (Lipinski definition) is 1. The molecule has 1 heterocycles. The van der Waals surface area contributed by atoms with Gasteiger partial charge in [-0.15, -0.1) is 0 Å². The van der Waals surface area contributed by atoms with Crippen molar-refractivity contribution in [1.29, 1.82) is 0 Å². The second-order valence-corrected chi connectivity index (χ2v) is 2.70. The Morgan fingerprint density at radius 1 is 0.923 bits per heavy atom. The van der Waals surface area contributed by atoms with Gasteiger partial charge in [0.25, 0.3) is 5.85 Å². The van der Waals surface area contributed by atoms with Crippen LogP contribution in [0.15, 0.2) is 0 Å². The zero-order valence-corrected chi connectivity index (χ0v) is 6.05. The molecule has 0 saturated carbocycles. The Bertz CT molecular complexity index is 210. The molecule has 0 aliphatic carbocycles. The Kier molecular flexibility index (Phi) is 1.70. The van der Waals surface area contributed by atoms with Crippen molar-refractivity contribution < 1.29 is 35.5 Å². The van der Waals surface area contributed by atoms with Gasteiger partial charge in [-0.3, -0.25) is 0 Å². The van der Waals surface area contributed by atoms with Gasteiger partial charge in [-0.05, 0) is 6.92 Å². The van der Waals surface area contributed by atoms with Crippen LogP contribution in [0.1, 0.15) is 6.92 Å². The first-order valence-corrected chi connectivity index (χ1v) is 2.98. The van der Waals surface area contributed by atoms with Gasteiger partial charge < -0.3 is 4.74 Å². The number of epoxide rings is 1. The lowest BCUT2D eigenvalue weighted by molar-refractivity contribution is -0.294. The monoisotopic (exact) mass is 212 g/mol. The number of hydrogen-bond donors (Lipinski definition) is 0. The van der Waals surface area contributed by atoms with Crippen LogP contribution in [0.25, 0.3) is 0 Å². The fraction of sp³-hybridized carbons (Fsp3) is 1.00. The molecule has 1 fully saturated rings. The summed E-state index contributed by atoms with van der Waals surface area (Å²) in [6.07, 6.45) is -11.6. The highest BCUT2D eigenvalue weighted by Crippen LogP contribution is 2.65. The molecule has 1 atom stereocenters. The molecule has 0 N–H and O–H groups in total. The zero-order valence-electron chi connectivity index (χ0n) is 6.05. The molecule has 78 valence electrons. The minimum absolute atomic E-state index is 0.0913. The molecule has 0 aromatic carbocycles. The van der Waals surface area contributed by atoms with E-state index >= 15 is 0 Å². The van der Waals surface area contributed by atoms with E-state index in [0.717, 1.165) is 0 Å². The predicted molar refractivity (Wildman–Crippen MR) is 25.4 cm³/mol. The van der Waals surface area contributed by atoms with Gasteiger partial charge in [0.05, 0.1) is 0 Å². The maximum Gasteiger partial charge on any atom is 0.432 e. The molecule has 1 aliphatic heterocycles. The first kappa shape index (κ1) is 10.6. The van der Waals surface area contributed by atoms with Gasteiger partial charge in [0.15, 0.2) is 0 Å². The van der Waals surface area contributed by atoms with Crippen molar-refractivity contribution in [2.45, 2.75) is 30.7 Å². The molecular formula is C5H3F7O. The molecule has 13 heavy (non-hydrogen) atoms. The van der Waals surface area contributed by atoms with Crippen LogP contribution in [-0.2, 0) is 4.74 Å². The van der Waals surface area contributed by atoms with Crippen molar-refractivity contribution in [2.24, 2.45) is 0 Å². The lowest BCUT2D eigenvalue weighted by atomic mass is 10.0. The molecule has 1 saturated heterocycles. The van der Waals surface area contributed by atoms with E-state index in [1.54, 1.807) is 0 Å². The molecule has 0 aromatic rings. The van der Waals surface area contributed by atoms with E-state index in [1.807, 2.05) is 0 Å². The van der Waals surface area contributed by atoms with Gasteiger partial charge in [0.1, 0.15) is 0 Å². The summed E-state index contributed by atoms with van der Waals surface area (Å²) in [6, 6.07) is 0. The van der Waals surface area contributed by atoms with Crippen molar-refractivity contribution in [2.75, 3.05) is 0 Å². The Balaban J connectivity index is 3.10. The third-order valence-corrected chi connectivity index (χ3v) is 1.73. The average molecular weight is 212 g/mol. The lowest BCUT2D eigenvalue weighted by Crippen LogP contribution is -2.50. The normalized spacial score (nSPS) is 33.2. The standard InChI is InChI=1S/C5H3F7O/c1-2(6)3(13-2,4(7,8)9)5(10,11)12/h1H3. The van der Waals surface area contributed by atoms with Crippen molar-refractivity contribution in [1.82, 2.24) is 0 Å². The second kappa shape index (κ2) is 2.10. The molecular weight excluding hydrogens is 209 g/mol. The van der Waals surface area contributed by atoms with Crippen LogP contribution in [0.4, 0.5) is 30.7 Å². The Hall–Kier alpha value is -0.530. The molecule has 1 aliphatic rings. The molecule has 8 heteroatoms. The summed E-state index contributed by atoms with van der Waals surface area (Å²) in [5, 5.41) is 0. The van der Waals surface area contributed by atoms with E-state index < -0.39 is 23.8 Å². The molecule has 0 aromatic heterocycles. The number of halogens is 7. The van der Waals surface area contributed by atoms with Crippen molar-refractivity contribution >= 4 is 0 Å². The van der Waals surface area contributed by atoms with E-state index in [9.17, 15) is 30.7 Å². The molecule has 0 spiro atoms. The van der Waals surface area contributed by atoms with Crippen LogP contribution >= 0.6 is 0 Å². The van der Waals surface area contributed by atoms with Gasteiger partial charge in [0, 0.05) is 0 Å².